The smallest absolute Gasteiger partial charge is 0.269 e. The van der Waals surface area contributed by atoms with Crippen LogP contribution in [0.3, 0.4) is 0 Å². The number of nitrogens with two attached hydrogens (primary N) is 1. The Bertz CT molecular complexity index is 317. The van der Waals surface area contributed by atoms with Crippen molar-refractivity contribution in [1.29, 1.82) is 0 Å². The molecule has 1 rings (SSSR count). The number of hydrogen-bond donors (Lipinski definition) is 2. The summed E-state index contributed by atoms with van der Waals surface area (Å²) in [5, 5.41) is 10.3. The van der Waals surface area contributed by atoms with E-state index in [0.717, 1.165) is 5.56 Å². The van der Waals surface area contributed by atoms with E-state index in [1.54, 1.807) is 13.0 Å². The predicted octanol–water partition coefficient (Wildman–Crippen LogP) is 1.61. The van der Waals surface area contributed by atoms with Crippen molar-refractivity contribution in [3.8, 4) is 0 Å². The highest BCUT2D eigenvalue weighted by Crippen LogP contribution is 2.19. The summed E-state index contributed by atoms with van der Waals surface area (Å²) in [5.74, 6) is 5.16. The molecular formula is C7H10ClN3O2. The zero-order chi connectivity index (χ0) is 9.14. The van der Waals surface area contributed by atoms with E-state index in [0.29, 0.717) is 5.69 Å². The molecule has 72 valence electrons. The summed E-state index contributed by atoms with van der Waals surface area (Å²) in [5.41, 5.74) is 3.97. The molecule has 1 aromatic rings. The molecule has 5 nitrogen and oxygen atoms in total. The lowest BCUT2D eigenvalue weighted by Gasteiger charge is -2.02. The van der Waals surface area contributed by atoms with Gasteiger partial charge in [-0.25, -0.2) is 0 Å². The first-order chi connectivity index (χ1) is 5.65. The molecule has 1 aromatic carbocycles. The van der Waals surface area contributed by atoms with E-state index in [1.165, 1.54) is 12.1 Å². The van der Waals surface area contributed by atoms with Crippen LogP contribution in [0.5, 0.6) is 0 Å². The molecule has 0 heterocycles. The average molecular weight is 204 g/mol. The Hall–Kier alpha value is -1.33. The molecule has 0 aromatic heterocycles. The van der Waals surface area contributed by atoms with Gasteiger partial charge in [-0.3, -0.25) is 16.0 Å². The molecule has 0 saturated heterocycles. The van der Waals surface area contributed by atoms with Crippen LogP contribution in [-0.2, 0) is 0 Å². The van der Waals surface area contributed by atoms with Gasteiger partial charge in [-0.1, -0.05) is 0 Å². The fraction of sp³-hybridized carbons (Fsp3) is 0.143. The quantitative estimate of drug-likeness (QED) is 0.435. The SMILES string of the molecule is Cc1cc([N+](=O)[O-])ccc1NN.Cl. The normalized spacial score (nSPS) is 8.77. The Morgan fingerprint density at radius 3 is 2.54 bits per heavy atom. The summed E-state index contributed by atoms with van der Waals surface area (Å²) in [7, 11) is 0. The van der Waals surface area contributed by atoms with Crippen LogP contribution in [-0.4, -0.2) is 4.92 Å². The third-order valence-corrected chi connectivity index (χ3v) is 1.58. The van der Waals surface area contributed by atoms with Crippen molar-refractivity contribution >= 4 is 23.8 Å². The number of benzene rings is 1. The second-order valence-corrected chi connectivity index (χ2v) is 2.40. The fourth-order valence-electron chi connectivity index (χ4n) is 0.923. The third-order valence-electron chi connectivity index (χ3n) is 1.58. The molecule has 0 fully saturated rings. The fourth-order valence-corrected chi connectivity index (χ4v) is 0.923. The first-order valence-corrected chi connectivity index (χ1v) is 3.37. The van der Waals surface area contributed by atoms with Gasteiger partial charge in [0.2, 0.25) is 0 Å². The summed E-state index contributed by atoms with van der Waals surface area (Å²) < 4.78 is 0. The number of hydrazine groups is 1. The average Bonchev–Trinajstić information content (AvgIpc) is 2.04. The molecule has 0 spiro atoms. The number of anilines is 1. The number of hydrogen-bond acceptors (Lipinski definition) is 4. The summed E-state index contributed by atoms with van der Waals surface area (Å²) in [6.45, 7) is 1.75. The van der Waals surface area contributed by atoms with Gasteiger partial charge in [0.15, 0.2) is 0 Å². The second kappa shape index (κ2) is 4.64. The highest BCUT2D eigenvalue weighted by atomic mass is 35.5. The van der Waals surface area contributed by atoms with Crippen LogP contribution in [0.4, 0.5) is 11.4 Å². The Morgan fingerprint density at radius 1 is 1.54 bits per heavy atom. The van der Waals surface area contributed by atoms with Crippen molar-refractivity contribution in [3.05, 3.63) is 33.9 Å². The summed E-state index contributed by atoms with van der Waals surface area (Å²) in [6.07, 6.45) is 0. The van der Waals surface area contributed by atoms with E-state index >= 15 is 0 Å². The Kier molecular flexibility index (Phi) is 4.16. The van der Waals surface area contributed by atoms with Crippen molar-refractivity contribution in [2.24, 2.45) is 5.84 Å². The number of nitro groups is 1. The minimum absolute atomic E-state index is 0. The number of nitrogen functional groups attached to an aromatic ring is 1. The van der Waals surface area contributed by atoms with E-state index in [9.17, 15) is 10.1 Å². The van der Waals surface area contributed by atoms with E-state index in [-0.39, 0.29) is 18.1 Å². The zero-order valence-electron chi connectivity index (χ0n) is 6.98. The monoisotopic (exact) mass is 203 g/mol. The maximum Gasteiger partial charge on any atom is 0.269 e. The summed E-state index contributed by atoms with van der Waals surface area (Å²) in [4.78, 5) is 9.87. The van der Waals surface area contributed by atoms with Gasteiger partial charge < -0.3 is 5.43 Å². The molecule has 0 atom stereocenters. The molecule has 0 bridgehead atoms. The molecule has 13 heavy (non-hydrogen) atoms. The van der Waals surface area contributed by atoms with Gasteiger partial charge in [-0.05, 0) is 18.6 Å². The first kappa shape index (κ1) is 11.7. The van der Waals surface area contributed by atoms with Crippen LogP contribution in [0.1, 0.15) is 5.56 Å². The van der Waals surface area contributed by atoms with E-state index in [1.807, 2.05) is 0 Å². The van der Waals surface area contributed by atoms with Crippen molar-refractivity contribution < 1.29 is 4.92 Å². The Morgan fingerprint density at radius 2 is 2.15 bits per heavy atom. The molecule has 6 heteroatoms. The van der Waals surface area contributed by atoms with Gasteiger partial charge in [0, 0.05) is 12.1 Å². The maximum absolute atomic E-state index is 10.3. The summed E-state index contributed by atoms with van der Waals surface area (Å²) in [6, 6.07) is 4.45. The molecule has 0 radical (unpaired) electrons. The zero-order valence-corrected chi connectivity index (χ0v) is 7.80. The number of non-ortho nitro benzene ring substituents is 1. The number of nitrogens with zero attached hydrogens (tertiary/aromatic N) is 1. The van der Waals surface area contributed by atoms with Crippen LogP contribution in [0.2, 0.25) is 0 Å². The Balaban J connectivity index is 0.00000144. The molecule has 0 aliphatic rings. The lowest BCUT2D eigenvalue weighted by atomic mass is 10.2. The van der Waals surface area contributed by atoms with Gasteiger partial charge in [-0.15, -0.1) is 12.4 Å². The highest BCUT2D eigenvalue weighted by molar-refractivity contribution is 5.85. The van der Waals surface area contributed by atoms with Crippen molar-refractivity contribution in [2.75, 3.05) is 5.43 Å². The van der Waals surface area contributed by atoms with Crippen molar-refractivity contribution in [1.82, 2.24) is 0 Å². The van der Waals surface area contributed by atoms with Crippen LogP contribution >= 0.6 is 12.4 Å². The molecular weight excluding hydrogens is 194 g/mol. The van der Waals surface area contributed by atoms with Gasteiger partial charge in [0.05, 0.1) is 10.6 Å². The highest BCUT2D eigenvalue weighted by Gasteiger charge is 2.06. The molecule has 0 aliphatic heterocycles. The largest absolute Gasteiger partial charge is 0.324 e. The second-order valence-electron chi connectivity index (χ2n) is 2.40. The first-order valence-electron chi connectivity index (χ1n) is 3.37. The minimum Gasteiger partial charge on any atom is -0.324 e. The molecule has 3 N–H and O–H groups in total. The Labute approximate surface area is 81.5 Å². The van der Waals surface area contributed by atoms with Crippen molar-refractivity contribution in [2.45, 2.75) is 6.92 Å². The van der Waals surface area contributed by atoms with Gasteiger partial charge >= 0.3 is 0 Å². The minimum atomic E-state index is -0.437. The van der Waals surface area contributed by atoms with Gasteiger partial charge in [0.25, 0.3) is 5.69 Å². The van der Waals surface area contributed by atoms with Crippen LogP contribution < -0.4 is 11.3 Å². The van der Waals surface area contributed by atoms with Crippen LogP contribution in [0.15, 0.2) is 18.2 Å². The predicted molar refractivity (Wildman–Crippen MR) is 52.9 cm³/mol. The number of nitrogens with one attached hydrogen (secondary N) is 1. The molecule has 0 amide bonds. The van der Waals surface area contributed by atoms with E-state index in [2.05, 4.69) is 5.43 Å². The van der Waals surface area contributed by atoms with E-state index < -0.39 is 4.92 Å². The van der Waals surface area contributed by atoms with Crippen LogP contribution in [0.25, 0.3) is 0 Å². The standard InChI is InChI=1S/C7H9N3O2.ClH/c1-5-4-6(10(11)12)2-3-7(5)9-8;/h2-4,9H,8H2,1H3;1H. The lowest BCUT2D eigenvalue weighted by molar-refractivity contribution is -0.384. The lowest BCUT2D eigenvalue weighted by Crippen LogP contribution is -2.08. The number of rotatable bonds is 2. The topological polar surface area (TPSA) is 81.2 Å². The third kappa shape index (κ3) is 2.57. The molecule has 0 aliphatic carbocycles. The van der Waals surface area contributed by atoms with E-state index in [4.69, 9.17) is 5.84 Å². The van der Waals surface area contributed by atoms with Crippen LogP contribution in [0, 0.1) is 17.0 Å². The maximum atomic E-state index is 10.3. The molecule has 0 unspecified atom stereocenters. The number of nitro benzene ring substituents is 1. The van der Waals surface area contributed by atoms with Gasteiger partial charge in [-0.2, -0.15) is 0 Å². The van der Waals surface area contributed by atoms with Crippen molar-refractivity contribution in [3.63, 3.8) is 0 Å². The number of aryl methyl sites for hydroxylation is 1. The number of halogens is 1. The summed E-state index contributed by atoms with van der Waals surface area (Å²) >= 11 is 0. The van der Waals surface area contributed by atoms with Gasteiger partial charge in [0.1, 0.15) is 0 Å². The molecule has 0 saturated carbocycles.